The molecule has 0 aromatic heterocycles. The highest BCUT2D eigenvalue weighted by atomic mass is 32.2. The van der Waals surface area contributed by atoms with Gasteiger partial charge in [0.05, 0.1) is 0 Å². The number of aryl methyl sites for hydroxylation is 1. The lowest BCUT2D eigenvalue weighted by Gasteiger charge is -2.09. The van der Waals surface area contributed by atoms with Crippen LogP contribution in [0.25, 0.3) is 0 Å². The molecule has 0 fully saturated rings. The molecule has 3 rings (SSSR count). The molecule has 0 saturated carbocycles. The number of carbonyl (C=O) groups is 1. The van der Waals surface area contributed by atoms with Crippen molar-refractivity contribution in [1.82, 2.24) is 0 Å². The van der Waals surface area contributed by atoms with E-state index in [2.05, 4.69) is 5.32 Å². The summed E-state index contributed by atoms with van der Waals surface area (Å²) < 4.78 is 36.3. The number of benzene rings is 3. The van der Waals surface area contributed by atoms with Crippen molar-refractivity contribution in [3.8, 4) is 5.75 Å². The van der Waals surface area contributed by atoms with Gasteiger partial charge in [0.1, 0.15) is 16.5 Å². The molecule has 0 aliphatic heterocycles. The molecule has 156 valence electrons. The minimum Gasteiger partial charge on any atom is -0.507 e. The monoisotopic (exact) mass is 445 g/mol. The Hall–Kier alpha value is -2.84. The molecule has 3 aromatic rings. The third kappa shape index (κ3) is 5.84. The van der Waals surface area contributed by atoms with Crippen molar-refractivity contribution in [2.75, 3.05) is 17.3 Å². The molecule has 8 heteroatoms. The number of nitrogens with one attached hydrogen (secondary N) is 1. The molecule has 0 heterocycles. The van der Waals surface area contributed by atoms with E-state index in [0.29, 0.717) is 5.56 Å². The minimum atomic E-state index is -3.62. The van der Waals surface area contributed by atoms with Gasteiger partial charge >= 0.3 is 0 Å². The van der Waals surface area contributed by atoms with Crippen molar-refractivity contribution in [1.29, 1.82) is 0 Å². The Morgan fingerprint density at radius 2 is 1.70 bits per heavy atom. The maximum atomic E-state index is 12.9. The Morgan fingerprint density at radius 3 is 2.33 bits per heavy atom. The van der Waals surface area contributed by atoms with Gasteiger partial charge in [-0.1, -0.05) is 12.1 Å². The van der Waals surface area contributed by atoms with Gasteiger partial charge in [0, 0.05) is 28.2 Å². The summed E-state index contributed by atoms with van der Waals surface area (Å²) in [5.41, 5.74) is 1.75. The van der Waals surface area contributed by atoms with Gasteiger partial charge in [-0.25, -0.2) is 12.8 Å². The van der Waals surface area contributed by atoms with Crippen LogP contribution < -0.4 is 5.32 Å². The Bertz CT molecular complexity index is 1140. The van der Waals surface area contributed by atoms with Gasteiger partial charge in [-0.3, -0.25) is 4.79 Å². The van der Waals surface area contributed by atoms with E-state index in [9.17, 15) is 22.7 Å². The number of sulfone groups is 1. The van der Waals surface area contributed by atoms with Crippen molar-refractivity contribution in [2.24, 2.45) is 0 Å². The van der Waals surface area contributed by atoms with Gasteiger partial charge in [-0.15, -0.1) is 11.8 Å². The molecule has 0 radical (unpaired) electrons. The molecule has 0 spiro atoms. The van der Waals surface area contributed by atoms with Gasteiger partial charge in [0.15, 0.2) is 9.84 Å². The van der Waals surface area contributed by atoms with Gasteiger partial charge in [-0.05, 0) is 66.6 Å². The molecule has 0 bridgehead atoms. The predicted octanol–water partition coefficient (Wildman–Crippen LogP) is 4.52. The van der Waals surface area contributed by atoms with Crippen molar-refractivity contribution in [3.63, 3.8) is 0 Å². The molecule has 3 aromatic carbocycles. The number of hydrogen-bond donors (Lipinski definition) is 2. The number of amides is 1. The second kappa shape index (κ2) is 9.32. The van der Waals surface area contributed by atoms with E-state index in [1.165, 1.54) is 30.3 Å². The van der Waals surface area contributed by atoms with Gasteiger partial charge in [0.2, 0.25) is 0 Å². The van der Waals surface area contributed by atoms with Crippen LogP contribution in [0.2, 0.25) is 0 Å². The van der Waals surface area contributed by atoms with Crippen LogP contribution in [-0.4, -0.2) is 31.4 Å². The van der Waals surface area contributed by atoms with Crippen LogP contribution in [0.3, 0.4) is 0 Å². The number of hydrogen-bond acceptors (Lipinski definition) is 5. The van der Waals surface area contributed by atoms with Gasteiger partial charge < -0.3 is 10.4 Å². The van der Waals surface area contributed by atoms with E-state index >= 15 is 0 Å². The third-order valence-corrected chi connectivity index (χ3v) is 6.45. The molecule has 5 nitrogen and oxygen atoms in total. The zero-order chi connectivity index (χ0) is 21.7. The van der Waals surface area contributed by atoms with Crippen molar-refractivity contribution < 1.29 is 22.7 Å². The number of thioether (sulfide) groups is 1. The topological polar surface area (TPSA) is 83.5 Å². The number of halogens is 1. The zero-order valence-electron chi connectivity index (χ0n) is 16.1. The average molecular weight is 446 g/mol. The first kappa shape index (κ1) is 21.9. The predicted molar refractivity (Wildman–Crippen MR) is 116 cm³/mol. The van der Waals surface area contributed by atoms with E-state index in [-0.39, 0.29) is 28.1 Å². The smallest absolute Gasteiger partial charge is 0.255 e. The molecule has 0 aliphatic rings. The summed E-state index contributed by atoms with van der Waals surface area (Å²) in [5, 5.41) is 12.3. The maximum Gasteiger partial charge on any atom is 0.255 e. The molecule has 0 atom stereocenters. The number of phenols is 1. The van der Waals surface area contributed by atoms with Gasteiger partial charge in [-0.2, -0.15) is 0 Å². The van der Waals surface area contributed by atoms with E-state index in [1.54, 1.807) is 36.0 Å². The maximum absolute atomic E-state index is 12.9. The molecule has 0 unspecified atom stereocenters. The Labute approximate surface area is 178 Å². The van der Waals surface area contributed by atoms with Crippen LogP contribution in [0.4, 0.5) is 10.1 Å². The number of rotatable bonds is 7. The Kier molecular flexibility index (Phi) is 6.79. The third-order valence-electron chi connectivity index (χ3n) is 4.31. The van der Waals surface area contributed by atoms with Crippen molar-refractivity contribution in [3.05, 3.63) is 83.7 Å². The first-order chi connectivity index (χ1) is 14.2. The fourth-order valence-corrected chi connectivity index (χ4v) is 4.42. The lowest BCUT2D eigenvalue weighted by atomic mass is 10.2. The summed E-state index contributed by atoms with van der Waals surface area (Å²) in [6, 6.07) is 17.4. The van der Waals surface area contributed by atoms with Crippen LogP contribution in [0.15, 0.2) is 76.5 Å². The second-order valence-electron chi connectivity index (χ2n) is 6.66. The van der Waals surface area contributed by atoms with Crippen molar-refractivity contribution >= 4 is 33.2 Å². The van der Waals surface area contributed by atoms with Crippen LogP contribution in [-0.2, 0) is 16.3 Å². The van der Waals surface area contributed by atoms with Crippen molar-refractivity contribution in [2.45, 2.75) is 16.2 Å². The first-order valence-corrected chi connectivity index (χ1v) is 11.9. The molecule has 30 heavy (non-hydrogen) atoms. The number of anilines is 1. The molecule has 2 N–H and O–H groups in total. The largest absolute Gasteiger partial charge is 0.507 e. The van der Waals surface area contributed by atoms with Gasteiger partial charge in [0.25, 0.3) is 5.91 Å². The van der Waals surface area contributed by atoms with Crippen LogP contribution in [0, 0.1) is 5.82 Å². The summed E-state index contributed by atoms with van der Waals surface area (Å²) in [5.74, 6) is -0.181. The lowest BCUT2D eigenvalue weighted by molar-refractivity contribution is 0.102. The van der Waals surface area contributed by atoms with E-state index in [0.717, 1.165) is 28.9 Å². The number of carbonyl (C=O) groups excluding carboxylic acids is 1. The van der Waals surface area contributed by atoms with E-state index in [1.807, 2.05) is 12.1 Å². The summed E-state index contributed by atoms with van der Waals surface area (Å²) in [7, 11) is -3.62. The quantitative estimate of drug-likeness (QED) is 0.413. The summed E-state index contributed by atoms with van der Waals surface area (Å²) in [4.78, 5) is 13.2. The normalized spacial score (nSPS) is 11.3. The van der Waals surface area contributed by atoms with Crippen LogP contribution in [0.1, 0.15) is 15.9 Å². The SMILES string of the molecule is CS(=O)(=O)c1cc(NC(=O)c2ccc(SCCc3ccc(F)cc3)cc2)ccc1O. The molecular formula is C22H20FNO4S2. The molecular weight excluding hydrogens is 425 g/mol. The summed E-state index contributed by atoms with van der Waals surface area (Å²) >= 11 is 1.63. The number of aromatic hydroxyl groups is 1. The highest BCUT2D eigenvalue weighted by Gasteiger charge is 2.15. The Balaban J connectivity index is 1.59. The van der Waals surface area contributed by atoms with Crippen LogP contribution >= 0.6 is 11.8 Å². The molecule has 1 amide bonds. The highest BCUT2D eigenvalue weighted by molar-refractivity contribution is 7.99. The van der Waals surface area contributed by atoms with E-state index < -0.39 is 9.84 Å². The summed E-state index contributed by atoms with van der Waals surface area (Å²) in [6.45, 7) is 0. The average Bonchev–Trinajstić information content (AvgIpc) is 2.70. The minimum absolute atomic E-state index is 0.242. The highest BCUT2D eigenvalue weighted by Crippen LogP contribution is 2.26. The number of phenolic OH excluding ortho intramolecular Hbond substituents is 1. The molecule has 0 aliphatic carbocycles. The fraction of sp³-hybridized carbons (Fsp3) is 0.136. The van der Waals surface area contributed by atoms with Crippen LogP contribution in [0.5, 0.6) is 5.75 Å². The second-order valence-corrected chi connectivity index (χ2v) is 9.81. The van der Waals surface area contributed by atoms with E-state index in [4.69, 9.17) is 0 Å². The lowest BCUT2D eigenvalue weighted by Crippen LogP contribution is -2.12. The first-order valence-electron chi connectivity index (χ1n) is 9.04. The zero-order valence-corrected chi connectivity index (χ0v) is 17.8. The standard InChI is InChI=1S/C22H20FNO4S2/c1-30(27,28)21-14-18(8-11-20(21)25)24-22(26)16-4-9-19(10-5-16)29-13-12-15-2-6-17(23)7-3-15/h2-11,14,25H,12-13H2,1H3,(H,24,26). The Morgan fingerprint density at radius 1 is 1.03 bits per heavy atom. The summed E-state index contributed by atoms with van der Waals surface area (Å²) in [6.07, 6.45) is 1.79. The fourth-order valence-electron chi connectivity index (χ4n) is 2.73. The molecule has 0 saturated heterocycles.